The summed E-state index contributed by atoms with van der Waals surface area (Å²) in [5, 5.41) is 46.4. The molecule has 194 valence electrons. The zero-order valence-corrected chi connectivity index (χ0v) is 19.1. The SMILES string of the molecule is CC(C(=O)O)N1CCN(C(=O)O)CCN(CCN(CC(=O)O)CC(=O)O)CCN(C(=O)O)CC1. The maximum absolute atomic E-state index is 11.7. The first-order valence-corrected chi connectivity index (χ1v) is 10.7. The van der Waals surface area contributed by atoms with Gasteiger partial charge in [-0.25, -0.2) is 9.59 Å². The lowest BCUT2D eigenvalue weighted by molar-refractivity contribution is -0.143. The van der Waals surface area contributed by atoms with Crippen molar-refractivity contribution in [2.75, 3.05) is 78.5 Å². The van der Waals surface area contributed by atoms with E-state index < -0.39 is 49.2 Å². The van der Waals surface area contributed by atoms with Crippen LogP contribution in [-0.2, 0) is 14.4 Å². The van der Waals surface area contributed by atoms with Gasteiger partial charge in [0.1, 0.15) is 6.04 Å². The fraction of sp³-hybridized carbons (Fsp3) is 0.737. The van der Waals surface area contributed by atoms with Crippen molar-refractivity contribution < 1.29 is 49.5 Å². The van der Waals surface area contributed by atoms with Crippen LogP contribution in [0, 0.1) is 0 Å². The van der Waals surface area contributed by atoms with Crippen molar-refractivity contribution in [2.24, 2.45) is 0 Å². The minimum atomic E-state index is -1.19. The van der Waals surface area contributed by atoms with E-state index in [0.717, 1.165) is 9.80 Å². The van der Waals surface area contributed by atoms with Crippen molar-refractivity contribution in [3.63, 3.8) is 0 Å². The molecule has 0 aliphatic carbocycles. The van der Waals surface area contributed by atoms with Crippen LogP contribution in [0.4, 0.5) is 9.59 Å². The molecule has 34 heavy (non-hydrogen) atoms. The highest BCUT2D eigenvalue weighted by molar-refractivity contribution is 5.73. The summed E-state index contributed by atoms with van der Waals surface area (Å²) < 4.78 is 0. The maximum Gasteiger partial charge on any atom is 0.407 e. The molecule has 2 amide bonds. The summed E-state index contributed by atoms with van der Waals surface area (Å²) >= 11 is 0. The Balaban J connectivity index is 2.98. The van der Waals surface area contributed by atoms with Crippen LogP contribution in [0.5, 0.6) is 0 Å². The predicted molar refractivity (Wildman–Crippen MR) is 116 cm³/mol. The van der Waals surface area contributed by atoms with Crippen LogP contribution < -0.4 is 0 Å². The van der Waals surface area contributed by atoms with Crippen LogP contribution in [0.15, 0.2) is 0 Å². The van der Waals surface area contributed by atoms with Gasteiger partial charge in [0, 0.05) is 65.4 Å². The molecule has 0 aromatic heterocycles. The molecule has 1 atom stereocenters. The van der Waals surface area contributed by atoms with Crippen LogP contribution in [0.3, 0.4) is 0 Å². The Morgan fingerprint density at radius 1 is 0.706 bits per heavy atom. The Morgan fingerprint density at radius 3 is 1.47 bits per heavy atom. The average Bonchev–Trinajstić information content (AvgIpc) is 2.71. The molecule has 1 aliphatic heterocycles. The second-order valence-corrected chi connectivity index (χ2v) is 7.93. The van der Waals surface area contributed by atoms with E-state index in [4.69, 9.17) is 10.2 Å². The van der Waals surface area contributed by atoms with Crippen LogP contribution in [-0.4, -0.2) is 165 Å². The molecule has 1 saturated heterocycles. The summed E-state index contributed by atoms with van der Waals surface area (Å²) in [6, 6.07) is -0.930. The zero-order chi connectivity index (χ0) is 25.8. The minimum Gasteiger partial charge on any atom is -0.480 e. The second-order valence-electron chi connectivity index (χ2n) is 7.93. The van der Waals surface area contributed by atoms with Gasteiger partial charge in [-0.1, -0.05) is 0 Å². The monoisotopic (exact) mass is 491 g/mol. The predicted octanol–water partition coefficient (Wildman–Crippen LogP) is -1.49. The van der Waals surface area contributed by atoms with Crippen LogP contribution in [0.1, 0.15) is 6.92 Å². The van der Waals surface area contributed by atoms with Crippen molar-refractivity contribution in [2.45, 2.75) is 13.0 Å². The number of aliphatic carboxylic acids is 3. The Hall–Kier alpha value is -3.17. The molecule has 1 rings (SSSR count). The highest BCUT2D eigenvalue weighted by atomic mass is 16.4. The molecule has 0 aromatic rings. The van der Waals surface area contributed by atoms with Gasteiger partial charge >= 0.3 is 30.1 Å². The maximum atomic E-state index is 11.7. The average molecular weight is 491 g/mol. The van der Waals surface area contributed by atoms with Crippen LogP contribution in [0.25, 0.3) is 0 Å². The van der Waals surface area contributed by atoms with E-state index in [1.54, 1.807) is 4.90 Å². The molecule has 15 nitrogen and oxygen atoms in total. The van der Waals surface area contributed by atoms with E-state index in [9.17, 15) is 39.3 Å². The number of hydrogen-bond acceptors (Lipinski definition) is 8. The number of hydrogen-bond donors (Lipinski definition) is 5. The first-order valence-electron chi connectivity index (χ1n) is 10.7. The number of carboxylic acid groups (broad SMARTS) is 5. The summed E-state index contributed by atoms with van der Waals surface area (Å²) in [5.41, 5.74) is 0. The van der Waals surface area contributed by atoms with E-state index in [1.165, 1.54) is 16.7 Å². The van der Waals surface area contributed by atoms with Gasteiger partial charge in [-0.05, 0) is 6.92 Å². The molecule has 0 bridgehead atoms. The van der Waals surface area contributed by atoms with Gasteiger partial charge in [0.05, 0.1) is 13.1 Å². The Bertz CT molecular complexity index is 690. The van der Waals surface area contributed by atoms with E-state index in [0.29, 0.717) is 0 Å². The number of nitrogens with zero attached hydrogens (tertiary/aromatic N) is 5. The molecule has 0 aromatic carbocycles. The first-order chi connectivity index (χ1) is 15.9. The highest BCUT2D eigenvalue weighted by Crippen LogP contribution is 2.06. The second kappa shape index (κ2) is 14.2. The summed E-state index contributed by atoms with van der Waals surface area (Å²) in [5.74, 6) is -3.48. The molecule has 0 saturated carbocycles. The molecule has 15 heteroatoms. The number of amides is 2. The number of rotatable bonds is 9. The van der Waals surface area contributed by atoms with Crippen molar-refractivity contribution in [1.29, 1.82) is 0 Å². The van der Waals surface area contributed by atoms with Gasteiger partial charge in [0.2, 0.25) is 0 Å². The Kier molecular flexibility index (Phi) is 12.0. The minimum absolute atomic E-state index is 0.0119. The highest BCUT2D eigenvalue weighted by Gasteiger charge is 2.25. The number of carboxylic acids is 3. The fourth-order valence-electron chi connectivity index (χ4n) is 3.50. The third kappa shape index (κ3) is 10.6. The Labute approximate surface area is 196 Å². The summed E-state index contributed by atoms with van der Waals surface area (Å²) in [7, 11) is 0. The van der Waals surface area contributed by atoms with Crippen LogP contribution in [0.2, 0.25) is 0 Å². The number of carbonyl (C=O) groups is 5. The molecule has 5 N–H and O–H groups in total. The molecule has 0 spiro atoms. The molecule has 0 radical (unpaired) electrons. The normalized spacial score (nSPS) is 18.1. The lowest BCUT2D eigenvalue weighted by Crippen LogP contribution is -2.51. The van der Waals surface area contributed by atoms with Crippen molar-refractivity contribution in [1.82, 2.24) is 24.5 Å². The van der Waals surface area contributed by atoms with Crippen molar-refractivity contribution >= 4 is 30.1 Å². The lowest BCUT2D eigenvalue weighted by atomic mass is 10.2. The van der Waals surface area contributed by atoms with Gasteiger partial charge in [0.15, 0.2) is 0 Å². The Morgan fingerprint density at radius 2 is 1.12 bits per heavy atom. The summed E-state index contributed by atoms with van der Waals surface area (Å²) in [6.07, 6.45) is -2.38. The fourth-order valence-corrected chi connectivity index (χ4v) is 3.50. The van der Waals surface area contributed by atoms with Gasteiger partial charge < -0.3 is 35.3 Å². The lowest BCUT2D eigenvalue weighted by Gasteiger charge is -2.34. The van der Waals surface area contributed by atoms with Gasteiger partial charge in [-0.2, -0.15) is 0 Å². The van der Waals surface area contributed by atoms with Gasteiger partial charge in [-0.15, -0.1) is 0 Å². The van der Waals surface area contributed by atoms with Crippen molar-refractivity contribution in [3.05, 3.63) is 0 Å². The summed E-state index contributed by atoms with van der Waals surface area (Å²) in [6.45, 7) is 1.46. The smallest absolute Gasteiger partial charge is 0.407 e. The zero-order valence-electron chi connectivity index (χ0n) is 19.1. The molecule has 1 unspecified atom stereocenters. The molecular formula is C19H33N5O10. The molecular weight excluding hydrogens is 458 g/mol. The topological polar surface area (TPSA) is 203 Å². The van der Waals surface area contributed by atoms with Gasteiger partial charge in [0.25, 0.3) is 0 Å². The largest absolute Gasteiger partial charge is 0.480 e. The van der Waals surface area contributed by atoms with Crippen LogP contribution >= 0.6 is 0 Å². The molecule has 1 fully saturated rings. The van der Waals surface area contributed by atoms with E-state index in [1.807, 2.05) is 0 Å². The van der Waals surface area contributed by atoms with E-state index in [2.05, 4.69) is 0 Å². The quantitative estimate of drug-likeness (QED) is 0.250. The van der Waals surface area contributed by atoms with Gasteiger partial charge in [-0.3, -0.25) is 29.1 Å². The third-order valence-corrected chi connectivity index (χ3v) is 5.58. The molecule has 1 heterocycles. The molecule has 1 aliphatic rings. The van der Waals surface area contributed by atoms with E-state index in [-0.39, 0.29) is 65.4 Å². The van der Waals surface area contributed by atoms with Crippen molar-refractivity contribution in [3.8, 4) is 0 Å². The third-order valence-electron chi connectivity index (χ3n) is 5.58. The first kappa shape index (κ1) is 28.9. The standard InChI is InChI=1S/C19H33N5O10/c1-14(17(29)30)22-8-10-23(18(31)32)6-4-20(5-7-24(11-9-22)19(33)34)2-3-21(12-15(25)26)13-16(27)28/h14H,2-13H2,1H3,(H,25,26)(H,27,28)(H,29,30)(H,31,32)(H,33,34). The summed E-state index contributed by atoms with van der Waals surface area (Å²) in [4.78, 5) is 63.6. The van der Waals surface area contributed by atoms with E-state index >= 15 is 0 Å².